The lowest BCUT2D eigenvalue weighted by atomic mass is 10.2. The highest BCUT2D eigenvalue weighted by atomic mass is 15.3. The zero-order valence-corrected chi connectivity index (χ0v) is 12.2. The Balaban J connectivity index is 1.82. The lowest BCUT2D eigenvalue weighted by molar-refractivity contribution is 0.196. The second kappa shape index (κ2) is 5.77. The predicted octanol–water partition coefficient (Wildman–Crippen LogP) is 1.97. The van der Waals surface area contributed by atoms with Crippen LogP contribution in [0.15, 0.2) is 36.5 Å². The maximum atomic E-state index is 4.51. The molecule has 106 valence electrons. The Labute approximate surface area is 120 Å². The van der Waals surface area contributed by atoms with Gasteiger partial charge in [0.1, 0.15) is 0 Å². The Hall–Kier alpha value is -1.65. The summed E-state index contributed by atoms with van der Waals surface area (Å²) in [5.41, 5.74) is 3.69. The molecule has 1 fully saturated rings. The van der Waals surface area contributed by atoms with Crippen LogP contribution in [0.1, 0.15) is 18.2 Å². The molecular formula is C16H22N4. The summed E-state index contributed by atoms with van der Waals surface area (Å²) in [7, 11) is 0. The Morgan fingerprint density at radius 3 is 2.95 bits per heavy atom. The van der Waals surface area contributed by atoms with Crippen molar-refractivity contribution in [1.29, 1.82) is 0 Å². The van der Waals surface area contributed by atoms with Crippen molar-refractivity contribution in [3.63, 3.8) is 0 Å². The van der Waals surface area contributed by atoms with E-state index in [2.05, 4.69) is 64.2 Å². The summed E-state index contributed by atoms with van der Waals surface area (Å²) in [6.45, 7) is 8.60. The van der Waals surface area contributed by atoms with Crippen molar-refractivity contribution in [2.24, 2.45) is 0 Å². The van der Waals surface area contributed by atoms with Gasteiger partial charge in [0.15, 0.2) is 0 Å². The number of rotatable bonds is 3. The van der Waals surface area contributed by atoms with Crippen LogP contribution in [0.3, 0.4) is 0 Å². The molecule has 2 heterocycles. The van der Waals surface area contributed by atoms with Gasteiger partial charge in [-0.3, -0.25) is 4.90 Å². The second-order valence-electron chi connectivity index (χ2n) is 5.61. The molecule has 3 rings (SSSR count). The third-order valence-corrected chi connectivity index (χ3v) is 3.90. The van der Waals surface area contributed by atoms with Gasteiger partial charge in [0.05, 0.1) is 11.4 Å². The van der Waals surface area contributed by atoms with E-state index in [4.69, 9.17) is 0 Å². The maximum absolute atomic E-state index is 4.51. The van der Waals surface area contributed by atoms with E-state index in [0.29, 0.717) is 6.04 Å². The molecule has 1 atom stereocenters. The Kier molecular flexibility index (Phi) is 3.85. The molecule has 1 N–H and O–H groups in total. The minimum atomic E-state index is 0.568. The minimum Gasteiger partial charge on any atom is -0.312 e. The number of benzene rings is 1. The van der Waals surface area contributed by atoms with E-state index in [9.17, 15) is 0 Å². The first-order chi connectivity index (χ1) is 9.74. The predicted molar refractivity (Wildman–Crippen MR) is 81.0 cm³/mol. The van der Waals surface area contributed by atoms with Crippen molar-refractivity contribution in [3.05, 3.63) is 47.8 Å². The number of piperazine rings is 1. The van der Waals surface area contributed by atoms with Crippen LogP contribution < -0.4 is 5.32 Å². The molecule has 4 nitrogen and oxygen atoms in total. The summed E-state index contributed by atoms with van der Waals surface area (Å²) >= 11 is 0. The van der Waals surface area contributed by atoms with Crippen molar-refractivity contribution in [1.82, 2.24) is 20.0 Å². The van der Waals surface area contributed by atoms with Gasteiger partial charge in [-0.2, -0.15) is 5.10 Å². The third kappa shape index (κ3) is 2.76. The maximum Gasteiger partial charge on any atom is 0.0678 e. The van der Waals surface area contributed by atoms with E-state index in [0.717, 1.165) is 26.2 Å². The van der Waals surface area contributed by atoms with Crippen LogP contribution >= 0.6 is 0 Å². The van der Waals surface area contributed by atoms with Crippen molar-refractivity contribution in [3.8, 4) is 5.69 Å². The summed E-state index contributed by atoms with van der Waals surface area (Å²) in [6.07, 6.45) is 1.90. The fraction of sp³-hybridized carbons (Fsp3) is 0.438. The fourth-order valence-electron chi connectivity index (χ4n) is 2.85. The smallest absolute Gasteiger partial charge is 0.0678 e. The number of para-hydroxylation sites is 1. The summed E-state index contributed by atoms with van der Waals surface area (Å²) in [6, 6.07) is 11.1. The average Bonchev–Trinajstić information content (AvgIpc) is 2.87. The first-order valence-corrected chi connectivity index (χ1v) is 7.28. The molecule has 0 unspecified atom stereocenters. The first-order valence-electron chi connectivity index (χ1n) is 7.28. The van der Waals surface area contributed by atoms with E-state index < -0.39 is 0 Å². The molecule has 0 bridgehead atoms. The second-order valence-corrected chi connectivity index (χ2v) is 5.61. The molecule has 1 aromatic carbocycles. The molecule has 0 saturated carbocycles. The van der Waals surface area contributed by atoms with Crippen LogP contribution in [0.25, 0.3) is 5.69 Å². The number of nitrogens with zero attached hydrogens (tertiary/aromatic N) is 3. The lowest BCUT2D eigenvalue weighted by Crippen LogP contribution is -2.48. The van der Waals surface area contributed by atoms with Gasteiger partial charge in [-0.25, -0.2) is 4.68 Å². The molecule has 4 heteroatoms. The van der Waals surface area contributed by atoms with Crippen LogP contribution in [-0.2, 0) is 6.54 Å². The van der Waals surface area contributed by atoms with E-state index in [1.165, 1.54) is 16.9 Å². The first kappa shape index (κ1) is 13.3. The normalized spacial score (nSPS) is 20.2. The van der Waals surface area contributed by atoms with Gasteiger partial charge in [-0.05, 0) is 31.5 Å². The molecule has 1 aromatic heterocycles. The van der Waals surface area contributed by atoms with Gasteiger partial charge in [0.2, 0.25) is 0 Å². The number of hydrogen-bond acceptors (Lipinski definition) is 3. The number of aryl methyl sites for hydroxylation is 1. The molecule has 1 saturated heterocycles. The van der Waals surface area contributed by atoms with Crippen molar-refractivity contribution < 1.29 is 0 Å². The van der Waals surface area contributed by atoms with Gasteiger partial charge >= 0.3 is 0 Å². The highest BCUT2D eigenvalue weighted by Crippen LogP contribution is 2.16. The largest absolute Gasteiger partial charge is 0.312 e. The van der Waals surface area contributed by atoms with Gasteiger partial charge in [0.25, 0.3) is 0 Å². The van der Waals surface area contributed by atoms with E-state index >= 15 is 0 Å². The fourth-order valence-corrected chi connectivity index (χ4v) is 2.85. The molecule has 2 aromatic rings. The summed E-state index contributed by atoms with van der Waals surface area (Å²) in [5.74, 6) is 0. The molecular weight excluding hydrogens is 248 g/mol. The van der Waals surface area contributed by atoms with Crippen LogP contribution in [0.2, 0.25) is 0 Å². The zero-order chi connectivity index (χ0) is 13.9. The molecule has 0 aliphatic carbocycles. The van der Waals surface area contributed by atoms with Crippen molar-refractivity contribution in [2.45, 2.75) is 26.4 Å². The Bertz CT molecular complexity index is 575. The zero-order valence-electron chi connectivity index (χ0n) is 12.2. The SMILES string of the molecule is Cc1ccccc1-n1nccc1CN1CCN[C@H](C)C1. The van der Waals surface area contributed by atoms with Gasteiger partial charge in [0, 0.05) is 38.4 Å². The van der Waals surface area contributed by atoms with Crippen molar-refractivity contribution in [2.75, 3.05) is 19.6 Å². The van der Waals surface area contributed by atoms with Gasteiger partial charge in [-0.15, -0.1) is 0 Å². The molecule has 20 heavy (non-hydrogen) atoms. The topological polar surface area (TPSA) is 33.1 Å². The van der Waals surface area contributed by atoms with Crippen LogP contribution in [0, 0.1) is 6.92 Å². The monoisotopic (exact) mass is 270 g/mol. The quantitative estimate of drug-likeness (QED) is 0.926. The van der Waals surface area contributed by atoms with Gasteiger partial charge in [-0.1, -0.05) is 18.2 Å². The van der Waals surface area contributed by atoms with Crippen LogP contribution in [-0.4, -0.2) is 40.4 Å². The van der Waals surface area contributed by atoms with Crippen LogP contribution in [0.5, 0.6) is 0 Å². The minimum absolute atomic E-state index is 0.568. The van der Waals surface area contributed by atoms with E-state index in [1.54, 1.807) is 0 Å². The average molecular weight is 270 g/mol. The molecule has 1 aliphatic heterocycles. The molecule has 0 radical (unpaired) electrons. The van der Waals surface area contributed by atoms with E-state index in [-0.39, 0.29) is 0 Å². The third-order valence-electron chi connectivity index (χ3n) is 3.90. The standard InChI is InChI=1S/C16H22N4/c1-13-5-3-4-6-16(13)20-15(7-8-18-20)12-19-10-9-17-14(2)11-19/h3-8,14,17H,9-12H2,1-2H3/t14-/m1/s1. The summed E-state index contributed by atoms with van der Waals surface area (Å²) in [5, 5.41) is 7.99. The highest BCUT2D eigenvalue weighted by Gasteiger charge is 2.17. The number of aromatic nitrogens is 2. The number of nitrogens with one attached hydrogen (secondary N) is 1. The van der Waals surface area contributed by atoms with Crippen LogP contribution in [0.4, 0.5) is 0 Å². The summed E-state index contributed by atoms with van der Waals surface area (Å²) < 4.78 is 2.07. The molecule has 1 aliphatic rings. The molecule has 0 amide bonds. The van der Waals surface area contributed by atoms with E-state index in [1.807, 2.05) is 6.20 Å². The lowest BCUT2D eigenvalue weighted by Gasteiger charge is -2.31. The summed E-state index contributed by atoms with van der Waals surface area (Å²) in [4.78, 5) is 2.49. The molecule has 0 spiro atoms. The number of hydrogen-bond donors (Lipinski definition) is 1. The Morgan fingerprint density at radius 1 is 1.30 bits per heavy atom. The van der Waals surface area contributed by atoms with Gasteiger partial charge < -0.3 is 5.32 Å². The Morgan fingerprint density at radius 2 is 2.15 bits per heavy atom. The highest BCUT2D eigenvalue weighted by molar-refractivity contribution is 5.40. The van der Waals surface area contributed by atoms with Crippen molar-refractivity contribution >= 4 is 0 Å².